The van der Waals surface area contributed by atoms with E-state index < -0.39 is 0 Å². The summed E-state index contributed by atoms with van der Waals surface area (Å²) < 4.78 is 2.58. The molecule has 0 aliphatic carbocycles. The average Bonchev–Trinajstić information content (AvgIpc) is 2.05. The number of rotatable bonds is 7. The molecule has 0 aromatic heterocycles. The van der Waals surface area contributed by atoms with E-state index in [4.69, 9.17) is 0 Å². The Hall–Kier alpha value is 0.137. The molecule has 0 amide bonds. The van der Waals surface area contributed by atoms with Gasteiger partial charge < -0.3 is 9.55 Å². The maximum atomic E-state index is 3.47. The molecule has 68 valence electrons. The molecular weight excluding hydrogens is 152 g/mol. The largest absolute Gasteiger partial charge is 0.331 e. The van der Waals surface area contributed by atoms with Crippen LogP contribution in [0.4, 0.5) is 0 Å². The van der Waals surface area contributed by atoms with E-state index >= 15 is 0 Å². The molecule has 0 bridgehead atoms. The molecule has 0 aliphatic rings. The lowest BCUT2D eigenvalue weighted by Gasteiger charge is -2.19. The maximum Gasteiger partial charge on any atom is 0.170 e. The molecule has 0 aliphatic heterocycles. The van der Waals surface area contributed by atoms with Crippen molar-refractivity contribution < 1.29 is 0 Å². The molecule has 0 fully saturated rings. The van der Waals surface area contributed by atoms with Gasteiger partial charge in [-0.15, -0.1) is 0 Å². The van der Waals surface area contributed by atoms with Gasteiger partial charge in [0, 0.05) is 0 Å². The smallest absolute Gasteiger partial charge is 0.170 e. The van der Waals surface area contributed by atoms with Crippen LogP contribution in [0.2, 0.25) is 0 Å². The first-order valence-corrected chi connectivity index (χ1v) is 6.12. The predicted molar refractivity (Wildman–Crippen MR) is 54.4 cm³/mol. The van der Waals surface area contributed by atoms with Gasteiger partial charge in [0.1, 0.15) is 0 Å². The van der Waals surface area contributed by atoms with Crippen LogP contribution in [0.25, 0.3) is 0 Å². The van der Waals surface area contributed by atoms with E-state index in [0.29, 0.717) is 0 Å². The van der Waals surface area contributed by atoms with Crippen LogP contribution in [0.15, 0.2) is 0 Å². The minimum atomic E-state index is -0.112. The third-order valence-electron chi connectivity index (χ3n) is 1.86. The van der Waals surface area contributed by atoms with Crippen molar-refractivity contribution in [2.45, 2.75) is 33.6 Å². The maximum absolute atomic E-state index is 3.47. The van der Waals surface area contributed by atoms with Gasteiger partial charge in [0.2, 0.25) is 0 Å². The molecule has 0 unspecified atom stereocenters. The van der Waals surface area contributed by atoms with Crippen molar-refractivity contribution in [1.82, 2.24) is 9.55 Å². The second-order valence-corrected chi connectivity index (χ2v) is 4.54. The highest BCUT2D eigenvalue weighted by molar-refractivity contribution is 6.28. The van der Waals surface area contributed by atoms with E-state index in [1.807, 2.05) is 0 Å². The summed E-state index contributed by atoms with van der Waals surface area (Å²) in [5.41, 5.74) is 0. The fraction of sp³-hybridized carbons (Fsp3) is 1.00. The van der Waals surface area contributed by atoms with E-state index in [0.717, 1.165) is 6.54 Å². The Kier molecular flexibility index (Phi) is 8.34. The summed E-state index contributed by atoms with van der Waals surface area (Å²) in [4.78, 5) is 3.47. The molecule has 0 spiro atoms. The fourth-order valence-electron chi connectivity index (χ4n) is 1.00. The summed E-state index contributed by atoms with van der Waals surface area (Å²) in [7, 11) is -0.112. The Morgan fingerprint density at radius 1 is 1.27 bits per heavy atom. The Morgan fingerprint density at radius 2 is 2.00 bits per heavy atom. The van der Waals surface area contributed by atoms with Gasteiger partial charge in [-0.2, -0.15) is 0 Å². The van der Waals surface area contributed by atoms with Crippen molar-refractivity contribution >= 4 is 9.84 Å². The Labute approximate surface area is 73.3 Å². The summed E-state index contributed by atoms with van der Waals surface area (Å²) >= 11 is 0. The normalized spacial score (nSPS) is 12.0. The van der Waals surface area contributed by atoms with Gasteiger partial charge in [0.25, 0.3) is 0 Å². The lowest BCUT2D eigenvalue weighted by atomic mass is 10.3. The molecule has 11 heavy (non-hydrogen) atoms. The minimum Gasteiger partial charge on any atom is -0.331 e. The van der Waals surface area contributed by atoms with Gasteiger partial charge in [-0.25, -0.2) is 0 Å². The van der Waals surface area contributed by atoms with Crippen LogP contribution >= 0.6 is 0 Å². The van der Waals surface area contributed by atoms with Gasteiger partial charge in [0.15, 0.2) is 9.84 Å². The van der Waals surface area contributed by atoms with Crippen LogP contribution in [0.5, 0.6) is 0 Å². The van der Waals surface area contributed by atoms with Crippen molar-refractivity contribution in [2.75, 3.05) is 19.6 Å². The first-order chi connectivity index (χ1) is 5.35. The van der Waals surface area contributed by atoms with E-state index in [1.165, 1.54) is 25.9 Å². The zero-order valence-corrected chi connectivity index (χ0v) is 9.60. The molecule has 0 radical (unpaired) electrons. The second-order valence-electron chi connectivity index (χ2n) is 2.83. The third-order valence-corrected chi connectivity index (χ3v) is 3.79. The molecule has 1 N–H and O–H groups in total. The van der Waals surface area contributed by atoms with Gasteiger partial charge in [-0.05, 0) is 26.1 Å². The molecule has 0 saturated heterocycles. The summed E-state index contributed by atoms with van der Waals surface area (Å²) in [6, 6.07) is 0. The molecule has 2 nitrogen and oxygen atoms in total. The zero-order valence-electron chi connectivity index (χ0n) is 8.19. The Bertz CT molecular complexity index is 70.5. The summed E-state index contributed by atoms with van der Waals surface area (Å²) in [5.74, 6) is 0. The molecule has 0 atom stereocenters. The van der Waals surface area contributed by atoms with Crippen LogP contribution in [0.3, 0.4) is 0 Å². The highest BCUT2D eigenvalue weighted by Crippen LogP contribution is 1.90. The lowest BCUT2D eigenvalue weighted by Crippen LogP contribution is -2.38. The van der Waals surface area contributed by atoms with E-state index in [1.54, 1.807) is 0 Å². The Balaban J connectivity index is 3.25. The molecule has 3 heteroatoms. The SMILES string of the molecule is CCCCN(CC)[SiH2]NCC. The van der Waals surface area contributed by atoms with Gasteiger partial charge in [-0.3, -0.25) is 0 Å². The molecule has 0 aromatic carbocycles. The number of hydrogen-bond donors (Lipinski definition) is 1. The van der Waals surface area contributed by atoms with E-state index in [-0.39, 0.29) is 9.84 Å². The number of nitrogens with zero attached hydrogens (tertiary/aromatic N) is 1. The second kappa shape index (κ2) is 8.24. The first-order valence-electron chi connectivity index (χ1n) is 4.78. The molecule has 0 saturated carbocycles. The molecule has 0 rings (SSSR count). The molecule has 0 heterocycles. The van der Waals surface area contributed by atoms with E-state index in [2.05, 4.69) is 30.3 Å². The van der Waals surface area contributed by atoms with Crippen molar-refractivity contribution in [2.24, 2.45) is 0 Å². The van der Waals surface area contributed by atoms with Gasteiger partial charge in [0.05, 0.1) is 0 Å². The summed E-state index contributed by atoms with van der Waals surface area (Å²) in [5, 5.41) is 0. The average molecular weight is 174 g/mol. The van der Waals surface area contributed by atoms with Gasteiger partial charge in [-0.1, -0.05) is 27.2 Å². The summed E-state index contributed by atoms with van der Waals surface area (Å²) in [6.07, 6.45) is 2.67. The van der Waals surface area contributed by atoms with Crippen molar-refractivity contribution in [3.8, 4) is 0 Å². The quantitative estimate of drug-likeness (QED) is 0.572. The van der Waals surface area contributed by atoms with E-state index in [9.17, 15) is 0 Å². The predicted octanol–water partition coefficient (Wildman–Crippen LogP) is 0.717. The standard InChI is InChI=1S/C8H22N2Si/c1-4-7-8-10(6-3)11-9-5-2/h9H,4-8,11H2,1-3H3. The number of hydrogen-bond acceptors (Lipinski definition) is 2. The monoisotopic (exact) mass is 174 g/mol. The topological polar surface area (TPSA) is 15.3 Å². The fourth-order valence-corrected chi connectivity index (χ4v) is 2.15. The third kappa shape index (κ3) is 6.53. The molecule has 0 aromatic rings. The van der Waals surface area contributed by atoms with Gasteiger partial charge >= 0.3 is 0 Å². The lowest BCUT2D eigenvalue weighted by molar-refractivity contribution is 0.445. The number of nitrogens with one attached hydrogen (secondary N) is 1. The van der Waals surface area contributed by atoms with Crippen LogP contribution in [-0.2, 0) is 0 Å². The van der Waals surface area contributed by atoms with Crippen molar-refractivity contribution in [1.29, 1.82) is 0 Å². The first kappa shape index (κ1) is 11.1. The van der Waals surface area contributed by atoms with Crippen LogP contribution in [-0.4, -0.2) is 34.0 Å². The Morgan fingerprint density at radius 3 is 2.45 bits per heavy atom. The zero-order chi connectivity index (χ0) is 8.53. The highest BCUT2D eigenvalue weighted by Gasteiger charge is 1.98. The number of unbranched alkanes of at least 4 members (excludes halogenated alkanes) is 1. The van der Waals surface area contributed by atoms with Crippen LogP contribution in [0.1, 0.15) is 33.6 Å². The minimum absolute atomic E-state index is 0.112. The van der Waals surface area contributed by atoms with Crippen molar-refractivity contribution in [3.05, 3.63) is 0 Å². The highest BCUT2D eigenvalue weighted by atomic mass is 28.2. The molecular formula is C8H22N2Si. The van der Waals surface area contributed by atoms with Crippen LogP contribution < -0.4 is 4.98 Å². The van der Waals surface area contributed by atoms with Crippen molar-refractivity contribution in [3.63, 3.8) is 0 Å². The summed E-state index contributed by atoms with van der Waals surface area (Å²) in [6.45, 7) is 10.3. The van der Waals surface area contributed by atoms with Crippen LogP contribution in [0, 0.1) is 0 Å².